The van der Waals surface area contributed by atoms with E-state index in [1.165, 1.54) is 25.1 Å². The van der Waals surface area contributed by atoms with E-state index in [0.29, 0.717) is 19.1 Å². The minimum Gasteiger partial charge on any atom is -0.353 e. The van der Waals surface area contributed by atoms with Crippen LogP contribution in [-0.4, -0.2) is 42.1 Å². The molecule has 0 spiro atoms. The zero-order valence-electron chi connectivity index (χ0n) is 11.2. The number of halogens is 3. The van der Waals surface area contributed by atoms with Crippen molar-refractivity contribution in [2.75, 3.05) is 31.1 Å². The van der Waals surface area contributed by atoms with Crippen molar-refractivity contribution in [3.63, 3.8) is 0 Å². The van der Waals surface area contributed by atoms with Crippen molar-refractivity contribution in [3.8, 4) is 0 Å². The number of aromatic nitrogens is 1. The molecular formula is C14H18F3N3. The quantitative estimate of drug-likeness (QED) is 0.791. The smallest absolute Gasteiger partial charge is 0.353 e. The SMILES string of the molecule is FC(F)(F)c1cccnc1N1CCN2CCCCC2C1. The van der Waals surface area contributed by atoms with Gasteiger partial charge < -0.3 is 4.90 Å². The summed E-state index contributed by atoms with van der Waals surface area (Å²) in [5.41, 5.74) is -0.621. The highest BCUT2D eigenvalue weighted by atomic mass is 19.4. The van der Waals surface area contributed by atoms with E-state index < -0.39 is 11.7 Å². The Kier molecular flexibility index (Phi) is 3.58. The molecule has 1 aromatic heterocycles. The summed E-state index contributed by atoms with van der Waals surface area (Å²) in [4.78, 5) is 8.19. The maximum Gasteiger partial charge on any atom is 0.419 e. The fraction of sp³-hybridized carbons (Fsp3) is 0.643. The molecule has 0 N–H and O–H groups in total. The minimum atomic E-state index is -4.34. The van der Waals surface area contributed by atoms with E-state index in [9.17, 15) is 13.2 Å². The van der Waals surface area contributed by atoms with Gasteiger partial charge in [-0.3, -0.25) is 4.90 Å². The zero-order valence-corrected chi connectivity index (χ0v) is 11.2. The van der Waals surface area contributed by atoms with Crippen LogP contribution in [0.1, 0.15) is 24.8 Å². The maximum atomic E-state index is 13.1. The molecule has 3 nitrogen and oxygen atoms in total. The second kappa shape index (κ2) is 5.24. The molecule has 2 saturated heterocycles. The number of anilines is 1. The highest BCUT2D eigenvalue weighted by Crippen LogP contribution is 2.36. The molecular weight excluding hydrogens is 267 g/mol. The third-order valence-corrected chi connectivity index (χ3v) is 4.23. The summed E-state index contributed by atoms with van der Waals surface area (Å²) in [6.45, 7) is 3.18. The van der Waals surface area contributed by atoms with Crippen LogP contribution >= 0.6 is 0 Å². The van der Waals surface area contributed by atoms with Gasteiger partial charge >= 0.3 is 6.18 Å². The summed E-state index contributed by atoms with van der Waals surface area (Å²) in [6.07, 6.45) is 0.549. The Balaban J connectivity index is 1.83. The van der Waals surface area contributed by atoms with Gasteiger partial charge in [-0.05, 0) is 31.5 Å². The van der Waals surface area contributed by atoms with Gasteiger partial charge in [0.2, 0.25) is 0 Å². The zero-order chi connectivity index (χ0) is 14.2. The summed E-state index contributed by atoms with van der Waals surface area (Å²) in [5.74, 6) is 0.0882. The molecule has 1 unspecified atom stereocenters. The van der Waals surface area contributed by atoms with Crippen LogP contribution in [0.5, 0.6) is 0 Å². The largest absolute Gasteiger partial charge is 0.419 e. The van der Waals surface area contributed by atoms with Crippen molar-refractivity contribution in [3.05, 3.63) is 23.9 Å². The first-order valence-corrected chi connectivity index (χ1v) is 7.07. The van der Waals surface area contributed by atoms with Gasteiger partial charge in [-0.15, -0.1) is 0 Å². The topological polar surface area (TPSA) is 19.4 Å². The lowest BCUT2D eigenvalue weighted by Crippen LogP contribution is -2.55. The van der Waals surface area contributed by atoms with E-state index in [1.807, 2.05) is 0 Å². The number of fused-ring (bicyclic) bond motifs is 1. The van der Waals surface area contributed by atoms with Crippen molar-refractivity contribution in [2.45, 2.75) is 31.5 Å². The van der Waals surface area contributed by atoms with Gasteiger partial charge in [0.1, 0.15) is 5.82 Å². The van der Waals surface area contributed by atoms with Crippen LogP contribution in [0, 0.1) is 0 Å². The van der Waals surface area contributed by atoms with Gasteiger partial charge in [0.15, 0.2) is 0 Å². The first-order chi connectivity index (χ1) is 9.55. The number of hydrogen-bond acceptors (Lipinski definition) is 3. The number of alkyl halides is 3. The molecule has 0 amide bonds. The molecule has 0 aromatic carbocycles. The third kappa shape index (κ3) is 2.61. The predicted molar refractivity (Wildman–Crippen MR) is 70.7 cm³/mol. The van der Waals surface area contributed by atoms with Gasteiger partial charge in [-0.25, -0.2) is 4.98 Å². The van der Waals surface area contributed by atoms with Crippen LogP contribution in [0.25, 0.3) is 0 Å². The van der Waals surface area contributed by atoms with E-state index >= 15 is 0 Å². The van der Waals surface area contributed by atoms with E-state index in [2.05, 4.69) is 9.88 Å². The van der Waals surface area contributed by atoms with Crippen LogP contribution < -0.4 is 4.90 Å². The number of piperidine rings is 1. The van der Waals surface area contributed by atoms with Crippen molar-refractivity contribution >= 4 is 5.82 Å². The van der Waals surface area contributed by atoms with Gasteiger partial charge in [0.05, 0.1) is 5.56 Å². The predicted octanol–water partition coefficient (Wildman–Crippen LogP) is 2.77. The Morgan fingerprint density at radius 1 is 1.15 bits per heavy atom. The lowest BCUT2D eigenvalue weighted by atomic mass is 9.99. The van der Waals surface area contributed by atoms with Gasteiger partial charge in [0, 0.05) is 31.9 Å². The van der Waals surface area contributed by atoms with Gasteiger partial charge in [-0.1, -0.05) is 6.42 Å². The van der Waals surface area contributed by atoms with E-state index in [1.54, 1.807) is 4.90 Å². The van der Waals surface area contributed by atoms with E-state index in [-0.39, 0.29) is 5.82 Å². The first kappa shape index (κ1) is 13.7. The second-order valence-electron chi connectivity index (χ2n) is 5.50. The molecule has 0 radical (unpaired) electrons. The van der Waals surface area contributed by atoms with Crippen LogP contribution in [-0.2, 0) is 6.18 Å². The molecule has 2 aliphatic heterocycles. The van der Waals surface area contributed by atoms with Crippen LogP contribution in [0.4, 0.5) is 19.0 Å². The van der Waals surface area contributed by atoms with Crippen molar-refractivity contribution in [2.24, 2.45) is 0 Å². The Bertz CT molecular complexity index is 475. The minimum absolute atomic E-state index is 0.0882. The Labute approximate surface area is 116 Å². The maximum absolute atomic E-state index is 13.1. The second-order valence-corrected chi connectivity index (χ2v) is 5.50. The number of rotatable bonds is 1. The summed E-state index contributed by atoms with van der Waals surface area (Å²) in [5, 5.41) is 0. The molecule has 2 fully saturated rings. The molecule has 1 atom stereocenters. The normalized spacial score (nSPS) is 24.6. The molecule has 3 heterocycles. The summed E-state index contributed by atoms with van der Waals surface area (Å²) >= 11 is 0. The Morgan fingerprint density at radius 2 is 2.00 bits per heavy atom. The van der Waals surface area contributed by atoms with Crippen molar-refractivity contribution in [1.82, 2.24) is 9.88 Å². The monoisotopic (exact) mass is 285 g/mol. The number of piperazine rings is 1. The van der Waals surface area contributed by atoms with Crippen LogP contribution in [0.2, 0.25) is 0 Å². The standard InChI is InChI=1S/C14H18F3N3/c15-14(16,17)12-5-3-6-18-13(12)20-9-8-19-7-2-1-4-11(19)10-20/h3,5-6,11H,1-2,4,7-10H2. The number of pyridine rings is 1. The number of nitrogens with zero attached hydrogens (tertiary/aromatic N) is 3. The summed E-state index contributed by atoms with van der Waals surface area (Å²) in [7, 11) is 0. The van der Waals surface area contributed by atoms with Crippen molar-refractivity contribution < 1.29 is 13.2 Å². The fourth-order valence-electron chi connectivity index (χ4n) is 3.22. The fourth-order valence-corrected chi connectivity index (χ4v) is 3.22. The summed E-state index contributed by atoms with van der Waals surface area (Å²) in [6, 6.07) is 2.85. The Morgan fingerprint density at radius 3 is 2.80 bits per heavy atom. The van der Waals surface area contributed by atoms with Gasteiger partial charge in [0.25, 0.3) is 0 Å². The average Bonchev–Trinajstić information content (AvgIpc) is 2.46. The molecule has 110 valence electrons. The molecule has 1 aromatic rings. The van der Waals surface area contributed by atoms with Crippen molar-refractivity contribution in [1.29, 1.82) is 0 Å². The number of hydrogen-bond donors (Lipinski definition) is 0. The molecule has 3 rings (SSSR count). The van der Waals surface area contributed by atoms with Crippen LogP contribution in [0.3, 0.4) is 0 Å². The van der Waals surface area contributed by atoms with E-state index in [4.69, 9.17) is 0 Å². The lowest BCUT2D eigenvalue weighted by Gasteiger charge is -2.44. The van der Waals surface area contributed by atoms with Crippen LogP contribution in [0.15, 0.2) is 18.3 Å². The lowest BCUT2D eigenvalue weighted by molar-refractivity contribution is -0.137. The molecule has 6 heteroatoms. The molecule has 0 saturated carbocycles. The van der Waals surface area contributed by atoms with Gasteiger partial charge in [-0.2, -0.15) is 13.2 Å². The van der Waals surface area contributed by atoms with E-state index in [0.717, 1.165) is 25.6 Å². The molecule has 0 aliphatic carbocycles. The first-order valence-electron chi connectivity index (χ1n) is 7.07. The molecule has 2 aliphatic rings. The third-order valence-electron chi connectivity index (χ3n) is 4.23. The molecule has 20 heavy (non-hydrogen) atoms. The molecule has 0 bridgehead atoms. The highest BCUT2D eigenvalue weighted by Gasteiger charge is 2.37. The highest BCUT2D eigenvalue weighted by molar-refractivity contribution is 5.49. The average molecular weight is 285 g/mol. The summed E-state index contributed by atoms with van der Waals surface area (Å²) < 4.78 is 39.2. The Hall–Kier alpha value is -1.30.